The van der Waals surface area contributed by atoms with Gasteiger partial charge in [0.2, 0.25) is 0 Å². The van der Waals surface area contributed by atoms with Crippen LogP contribution < -0.4 is 5.32 Å². The van der Waals surface area contributed by atoms with Crippen molar-refractivity contribution in [3.05, 3.63) is 59.4 Å². The van der Waals surface area contributed by atoms with Crippen molar-refractivity contribution in [1.82, 2.24) is 30.4 Å². The summed E-state index contributed by atoms with van der Waals surface area (Å²) < 4.78 is 7.00. The van der Waals surface area contributed by atoms with Gasteiger partial charge in [-0.3, -0.25) is 9.69 Å². The molecule has 1 amide bonds. The topological polar surface area (TPSA) is 85.2 Å². The fourth-order valence-corrected chi connectivity index (χ4v) is 3.90. The lowest BCUT2D eigenvalue weighted by Gasteiger charge is -2.29. The highest BCUT2D eigenvalue weighted by Crippen LogP contribution is 2.29. The van der Waals surface area contributed by atoms with Crippen molar-refractivity contribution in [3.63, 3.8) is 0 Å². The number of tetrazole rings is 1. The number of carbonyl (C=O) groups is 1. The number of aromatic nitrogens is 4. The molecule has 8 heteroatoms. The molecule has 0 saturated carbocycles. The van der Waals surface area contributed by atoms with Crippen LogP contribution in [0.25, 0.3) is 16.8 Å². The number of carbonyl (C=O) groups excluding carboxylic acids is 1. The van der Waals surface area contributed by atoms with E-state index in [1.165, 1.54) is 5.56 Å². The molecule has 1 aliphatic rings. The number of amides is 1. The van der Waals surface area contributed by atoms with Crippen LogP contribution in [0.3, 0.4) is 0 Å². The molecule has 1 aliphatic heterocycles. The fraction of sp³-hybridized carbons (Fsp3) is 0.391. The highest BCUT2D eigenvalue weighted by Gasteiger charge is 2.19. The Balaban J connectivity index is 1.63. The maximum atomic E-state index is 13.2. The summed E-state index contributed by atoms with van der Waals surface area (Å²) in [4.78, 5) is 15.5. The lowest BCUT2D eigenvalue weighted by Crippen LogP contribution is -2.46. The number of rotatable bonds is 6. The van der Waals surface area contributed by atoms with Crippen molar-refractivity contribution in [3.8, 4) is 16.8 Å². The summed E-state index contributed by atoms with van der Waals surface area (Å²) in [5.74, 6) is -0.108. The molecule has 0 radical (unpaired) electrons. The van der Waals surface area contributed by atoms with Crippen LogP contribution in [0.1, 0.15) is 28.4 Å². The predicted octanol–water partition coefficient (Wildman–Crippen LogP) is 2.40. The van der Waals surface area contributed by atoms with Gasteiger partial charge >= 0.3 is 0 Å². The van der Waals surface area contributed by atoms with Crippen LogP contribution in [-0.2, 0) is 4.74 Å². The Hall–Kier alpha value is -3.10. The van der Waals surface area contributed by atoms with E-state index < -0.39 is 0 Å². The largest absolute Gasteiger partial charge is 0.379 e. The number of morpholine rings is 1. The van der Waals surface area contributed by atoms with Gasteiger partial charge in [-0.1, -0.05) is 29.8 Å². The molecule has 1 N–H and O–H groups in total. The Bertz CT molecular complexity index is 1030. The van der Waals surface area contributed by atoms with E-state index in [0.29, 0.717) is 5.56 Å². The van der Waals surface area contributed by atoms with Crippen LogP contribution in [0.5, 0.6) is 0 Å². The first-order chi connectivity index (χ1) is 15.0. The highest BCUT2D eigenvalue weighted by atomic mass is 16.5. The molecule has 162 valence electrons. The Labute approximate surface area is 182 Å². The fourth-order valence-electron chi connectivity index (χ4n) is 3.90. The van der Waals surface area contributed by atoms with Crippen molar-refractivity contribution in [2.75, 3.05) is 32.8 Å². The first-order valence-electron chi connectivity index (χ1n) is 10.6. The standard InChI is InChI=1S/C23H28N6O2/c1-16-4-6-19(7-5-16)21-12-20(13-22(18(21)3)29-15-24-26-27-29)23(30)25-17(2)14-28-8-10-31-11-9-28/h4-7,12-13,15,17H,8-11,14H2,1-3H3,(H,25,30). The number of benzene rings is 2. The minimum absolute atomic E-state index is 0.0196. The third-order valence-corrected chi connectivity index (χ3v) is 5.61. The number of hydrogen-bond acceptors (Lipinski definition) is 6. The zero-order valence-corrected chi connectivity index (χ0v) is 18.2. The minimum atomic E-state index is -0.108. The Morgan fingerprint density at radius 1 is 1.16 bits per heavy atom. The van der Waals surface area contributed by atoms with Gasteiger partial charge in [0.1, 0.15) is 6.33 Å². The second kappa shape index (κ2) is 9.36. The maximum Gasteiger partial charge on any atom is 0.251 e. The molecule has 31 heavy (non-hydrogen) atoms. The van der Waals surface area contributed by atoms with Crippen molar-refractivity contribution in [2.24, 2.45) is 0 Å². The summed E-state index contributed by atoms with van der Waals surface area (Å²) >= 11 is 0. The molecule has 0 aliphatic carbocycles. The number of hydrogen-bond donors (Lipinski definition) is 1. The van der Waals surface area contributed by atoms with Gasteiger partial charge in [-0.2, -0.15) is 0 Å². The summed E-state index contributed by atoms with van der Waals surface area (Å²) in [7, 11) is 0. The third kappa shape index (κ3) is 4.98. The molecule has 1 atom stereocenters. The van der Waals surface area contributed by atoms with Crippen LogP contribution in [0.4, 0.5) is 0 Å². The Morgan fingerprint density at radius 2 is 1.90 bits per heavy atom. The third-order valence-electron chi connectivity index (χ3n) is 5.61. The van der Waals surface area contributed by atoms with E-state index in [1.807, 2.05) is 26.0 Å². The molecule has 2 aromatic carbocycles. The smallest absolute Gasteiger partial charge is 0.251 e. The summed E-state index contributed by atoms with van der Waals surface area (Å²) in [6.45, 7) is 10.2. The summed E-state index contributed by atoms with van der Waals surface area (Å²) in [5, 5.41) is 14.7. The first-order valence-corrected chi connectivity index (χ1v) is 10.6. The summed E-state index contributed by atoms with van der Waals surface area (Å²) in [5.41, 5.74) is 5.60. The Kier molecular flexibility index (Phi) is 6.39. The Morgan fingerprint density at radius 3 is 2.58 bits per heavy atom. The second-order valence-corrected chi connectivity index (χ2v) is 8.08. The molecule has 1 unspecified atom stereocenters. The van der Waals surface area contributed by atoms with E-state index in [-0.39, 0.29) is 11.9 Å². The van der Waals surface area contributed by atoms with Gasteiger partial charge < -0.3 is 10.1 Å². The van der Waals surface area contributed by atoms with Crippen LogP contribution >= 0.6 is 0 Å². The number of ether oxygens (including phenoxy) is 1. The lowest BCUT2D eigenvalue weighted by molar-refractivity contribution is 0.0342. The number of nitrogens with one attached hydrogen (secondary N) is 1. The molecular weight excluding hydrogens is 392 g/mol. The van der Waals surface area contributed by atoms with Crippen LogP contribution in [0, 0.1) is 13.8 Å². The van der Waals surface area contributed by atoms with Crippen molar-refractivity contribution < 1.29 is 9.53 Å². The average Bonchev–Trinajstić information content (AvgIpc) is 3.30. The second-order valence-electron chi connectivity index (χ2n) is 8.08. The predicted molar refractivity (Wildman–Crippen MR) is 118 cm³/mol. The van der Waals surface area contributed by atoms with E-state index in [9.17, 15) is 4.79 Å². The number of aryl methyl sites for hydroxylation is 1. The van der Waals surface area contributed by atoms with Crippen LogP contribution in [-0.4, -0.2) is 69.9 Å². The lowest BCUT2D eigenvalue weighted by atomic mass is 9.95. The molecule has 3 aromatic rings. The number of nitrogens with zero attached hydrogens (tertiary/aromatic N) is 5. The molecule has 4 rings (SSSR count). The van der Waals surface area contributed by atoms with E-state index in [0.717, 1.165) is 55.2 Å². The molecule has 1 aromatic heterocycles. The highest BCUT2D eigenvalue weighted by molar-refractivity contribution is 5.97. The average molecular weight is 421 g/mol. The van der Waals surface area contributed by atoms with Gasteiger partial charge in [0.05, 0.1) is 18.9 Å². The maximum absolute atomic E-state index is 13.2. The first kappa shape index (κ1) is 21.1. The van der Waals surface area contributed by atoms with E-state index in [1.54, 1.807) is 11.0 Å². The van der Waals surface area contributed by atoms with Gasteiger partial charge in [0.15, 0.2) is 0 Å². The molecular formula is C23H28N6O2. The van der Waals surface area contributed by atoms with Crippen molar-refractivity contribution in [2.45, 2.75) is 26.8 Å². The van der Waals surface area contributed by atoms with Gasteiger partial charge in [-0.25, -0.2) is 4.68 Å². The minimum Gasteiger partial charge on any atom is -0.379 e. The molecule has 1 fully saturated rings. The van der Waals surface area contributed by atoms with Gasteiger partial charge in [0, 0.05) is 31.2 Å². The van der Waals surface area contributed by atoms with Gasteiger partial charge in [-0.15, -0.1) is 5.10 Å². The molecule has 0 spiro atoms. The normalized spacial score (nSPS) is 15.6. The summed E-state index contributed by atoms with van der Waals surface area (Å²) in [6.07, 6.45) is 1.55. The zero-order chi connectivity index (χ0) is 21.8. The zero-order valence-electron chi connectivity index (χ0n) is 18.2. The SMILES string of the molecule is Cc1ccc(-c2cc(C(=O)NC(C)CN3CCOCC3)cc(-n3cnnn3)c2C)cc1. The summed E-state index contributed by atoms with van der Waals surface area (Å²) in [6, 6.07) is 12.1. The quantitative estimate of drug-likeness (QED) is 0.659. The van der Waals surface area contributed by atoms with Gasteiger partial charge in [-0.05, 0) is 60.0 Å². The van der Waals surface area contributed by atoms with Gasteiger partial charge in [0.25, 0.3) is 5.91 Å². The van der Waals surface area contributed by atoms with E-state index in [2.05, 4.69) is 56.9 Å². The monoisotopic (exact) mass is 420 g/mol. The molecule has 0 bridgehead atoms. The van der Waals surface area contributed by atoms with Crippen molar-refractivity contribution in [1.29, 1.82) is 0 Å². The van der Waals surface area contributed by atoms with Crippen LogP contribution in [0.2, 0.25) is 0 Å². The van der Waals surface area contributed by atoms with Crippen LogP contribution in [0.15, 0.2) is 42.7 Å². The molecule has 8 nitrogen and oxygen atoms in total. The van der Waals surface area contributed by atoms with E-state index >= 15 is 0 Å². The molecule has 2 heterocycles. The molecule has 1 saturated heterocycles. The van der Waals surface area contributed by atoms with Crippen molar-refractivity contribution >= 4 is 5.91 Å². The van der Waals surface area contributed by atoms with E-state index in [4.69, 9.17) is 4.74 Å².